The number of carbonyl (C=O) groups excluding carboxylic acids is 1. The van der Waals surface area contributed by atoms with Crippen LogP contribution < -0.4 is 10.1 Å². The Morgan fingerprint density at radius 1 is 1.22 bits per heavy atom. The summed E-state index contributed by atoms with van der Waals surface area (Å²) in [4.78, 5) is 12.3. The van der Waals surface area contributed by atoms with E-state index in [2.05, 4.69) is 37.2 Å². The molecule has 0 aliphatic heterocycles. The number of amides is 1. The molecule has 0 saturated carbocycles. The minimum atomic E-state index is -0.479. The number of hydrogen-bond donors (Lipinski definition) is 1. The van der Waals surface area contributed by atoms with Gasteiger partial charge in [0.2, 0.25) is 0 Å². The van der Waals surface area contributed by atoms with Gasteiger partial charge in [-0.25, -0.2) is 0 Å². The van der Waals surface area contributed by atoms with Crippen LogP contribution in [0.2, 0.25) is 0 Å². The van der Waals surface area contributed by atoms with Crippen LogP contribution in [-0.2, 0) is 4.79 Å². The lowest BCUT2D eigenvalue weighted by Gasteiger charge is -2.07. The number of nitrogens with one attached hydrogen (secondary N) is 1. The number of benzene rings is 2. The van der Waals surface area contributed by atoms with E-state index in [0.717, 1.165) is 8.95 Å². The number of ether oxygens (including phenoxy) is 1. The van der Waals surface area contributed by atoms with Crippen LogP contribution in [0.3, 0.4) is 0 Å². The molecule has 2 rings (SSSR count). The van der Waals surface area contributed by atoms with Gasteiger partial charge >= 0.3 is 0 Å². The van der Waals surface area contributed by atoms with Crippen LogP contribution in [0.15, 0.2) is 57.0 Å². The van der Waals surface area contributed by atoms with Crippen LogP contribution >= 0.6 is 31.9 Å². The number of nitriles is 1. The van der Waals surface area contributed by atoms with E-state index < -0.39 is 5.91 Å². The summed E-state index contributed by atoms with van der Waals surface area (Å²) >= 11 is 6.70. The van der Waals surface area contributed by atoms with Crippen molar-refractivity contribution in [1.29, 1.82) is 5.26 Å². The fraction of sp³-hybridized carbons (Fsp3) is 0.0588. The predicted molar refractivity (Wildman–Crippen MR) is 97.1 cm³/mol. The van der Waals surface area contributed by atoms with Crippen molar-refractivity contribution in [3.8, 4) is 11.8 Å². The molecule has 0 spiro atoms. The molecule has 0 radical (unpaired) electrons. The fourth-order valence-electron chi connectivity index (χ4n) is 1.89. The van der Waals surface area contributed by atoms with Crippen LogP contribution in [0.5, 0.6) is 5.75 Å². The number of hydrogen-bond acceptors (Lipinski definition) is 3. The highest BCUT2D eigenvalue weighted by Gasteiger charge is 2.11. The van der Waals surface area contributed by atoms with Gasteiger partial charge in [0.25, 0.3) is 5.91 Å². The summed E-state index contributed by atoms with van der Waals surface area (Å²) in [6.45, 7) is 0. The van der Waals surface area contributed by atoms with Crippen molar-refractivity contribution < 1.29 is 9.53 Å². The minimum absolute atomic E-state index is 0.0126. The minimum Gasteiger partial charge on any atom is -0.496 e. The van der Waals surface area contributed by atoms with Gasteiger partial charge in [0.15, 0.2) is 0 Å². The first kappa shape index (κ1) is 17.3. The molecular weight excluding hydrogens is 424 g/mol. The molecule has 6 heteroatoms. The van der Waals surface area contributed by atoms with Gasteiger partial charge in [-0.05, 0) is 42.5 Å². The van der Waals surface area contributed by atoms with Crippen molar-refractivity contribution in [2.75, 3.05) is 12.4 Å². The Kier molecular flexibility index (Phi) is 5.97. The maximum absolute atomic E-state index is 12.3. The molecule has 0 bridgehead atoms. The summed E-state index contributed by atoms with van der Waals surface area (Å²) < 4.78 is 6.91. The summed E-state index contributed by atoms with van der Waals surface area (Å²) in [7, 11) is 1.54. The highest BCUT2D eigenvalue weighted by Crippen LogP contribution is 2.25. The van der Waals surface area contributed by atoms with Gasteiger partial charge in [-0.3, -0.25) is 4.79 Å². The van der Waals surface area contributed by atoms with E-state index in [1.54, 1.807) is 30.3 Å². The maximum Gasteiger partial charge on any atom is 0.266 e. The van der Waals surface area contributed by atoms with Crippen molar-refractivity contribution in [3.05, 3.63) is 62.5 Å². The number of carbonyl (C=O) groups is 1. The second-order valence-corrected chi connectivity index (χ2v) is 6.35. The lowest BCUT2D eigenvalue weighted by Crippen LogP contribution is -2.13. The Bertz CT molecular complexity index is 810. The van der Waals surface area contributed by atoms with Crippen molar-refractivity contribution >= 4 is 49.5 Å². The lowest BCUT2D eigenvalue weighted by atomic mass is 10.1. The topological polar surface area (TPSA) is 62.1 Å². The SMILES string of the molecule is COc1ccc(Br)cc1/C=C(/C#N)C(=O)Nc1cccc(Br)c1. The van der Waals surface area contributed by atoms with Crippen LogP contribution in [0.4, 0.5) is 5.69 Å². The molecule has 2 aromatic carbocycles. The summed E-state index contributed by atoms with van der Waals surface area (Å²) in [5.74, 6) is 0.101. The van der Waals surface area contributed by atoms with E-state index in [-0.39, 0.29) is 5.57 Å². The van der Waals surface area contributed by atoms with Gasteiger partial charge in [0.1, 0.15) is 17.4 Å². The monoisotopic (exact) mass is 434 g/mol. The summed E-state index contributed by atoms with van der Waals surface area (Å²) in [5, 5.41) is 12.0. The average Bonchev–Trinajstić information content (AvgIpc) is 2.52. The van der Waals surface area contributed by atoms with E-state index in [4.69, 9.17) is 4.74 Å². The molecule has 2 aromatic rings. The number of anilines is 1. The summed E-state index contributed by atoms with van der Waals surface area (Å²) in [6.07, 6.45) is 1.50. The molecule has 1 amide bonds. The Labute approximate surface area is 151 Å². The average molecular weight is 436 g/mol. The van der Waals surface area contributed by atoms with Crippen molar-refractivity contribution in [2.45, 2.75) is 0 Å². The van der Waals surface area contributed by atoms with Crippen molar-refractivity contribution in [3.63, 3.8) is 0 Å². The Morgan fingerprint density at radius 2 is 1.96 bits per heavy atom. The van der Waals surface area contributed by atoms with Gasteiger partial charge in [0, 0.05) is 20.2 Å². The second kappa shape index (κ2) is 7.95. The van der Waals surface area contributed by atoms with E-state index in [1.165, 1.54) is 13.2 Å². The smallest absolute Gasteiger partial charge is 0.266 e. The molecule has 0 heterocycles. The zero-order valence-corrected chi connectivity index (χ0v) is 15.3. The zero-order valence-electron chi connectivity index (χ0n) is 12.1. The van der Waals surface area contributed by atoms with Gasteiger partial charge in [-0.15, -0.1) is 0 Å². The molecule has 0 unspecified atom stereocenters. The number of nitrogens with zero attached hydrogens (tertiary/aromatic N) is 1. The van der Waals surface area contributed by atoms with Crippen molar-refractivity contribution in [2.24, 2.45) is 0 Å². The Hall–Kier alpha value is -2.10. The van der Waals surface area contributed by atoms with Crippen LogP contribution in [0.1, 0.15) is 5.56 Å². The molecular formula is C17H12Br2N2O2. The van der Waals surface area contributed by atoms with Crippen molar-refractivity contribution in [1.82, 2.24) is 0 Å². The summed E-state index contributed by atoms with van der Waals surface area (Å²) in [5.41, 5.74) is 1.23. The van der Waals surface area contributed by atoms with Gasteiger partial charge in [-0.1, -0.05) is 37.9 Å². The molecule has 4 nitrogen and oxygen atoms in total. The molecule has 23 heavy (non-hydrogen) atoms. The molecule has 0 aliphatic rings. The molecule has 0 saturated heterocycles. The zero-order chi connectivity index (χ0) is 16.8. The van der Waals surface area contributed by atoms with Gasteiger partial charge in [0.05, 0.1) is 7.11 Å². The third kappa shape index (κ3) is 4.68. The number of halogens is 2. The Morgan fingerprint density at radius 3 is 2.61 bits per heavy atom. The highest BCUT2D eigenvalue weighted by atomic mass is 79.9. The largest absolute Gasteiger partial charge is 0.496 e. The van der Waals surface area contributed by atoms with Gasteiger partial charge < -0.3 is 10.1 Å². The Balaban J connectivity index is 2.30. The van der Waals surface area contributed by atoms with Crippen LogP contribution in [0, 0.1) is 11.3 Å². The van der Waals surface area contributed by atoms with E-state index in [0.29, 0.717) is 17.0 Å². The third-order valence-electron chi connectivity index (χ3n) is 2.94. The number of methoxy groups -OCH3 is 1. The van der Waals surface area contributed by atoms with Crippen LogP contribution in [0.25, 0.3) is 6.08 Å². The first-order chi connectivity index (χ1) is 11.0. The van der Waals surface area contributed by atoms with E-state index >= 15 is 0 Å². The molecule has 1 N–H and O–H groups in total. The standard InChI is InChI=1S/C17H12Br2N2O2/c1-23-16-6-5-14(19)8-11(16)7-12(10-20)17(22)21-15-4-2-3-13(18)9-15/h2-9H,1H3,(H,21,22)/b12-7-. The maximum atomic E-state index is 12.3. The molecule has 116 valence electrons. The second-order valence-electron chi connectivity index (χ2n) is 4.52. The first-order valence-electron chi connectivity index (χ1n) is 6.55. The van der Waals surface area contributed by atoms with Crippen LogP contribution in [-0.4, -0.2) is 13.0 Å². The molecule has 0 fully saturated rings. The molecule has 0 aromatic heterocycles. The highest BCUT2D eigenvalue weighted by molar-refractivity contribution is 9.10. The predicted octanol–water partition coefficient (Wildman–Crippen LogP) is 4.77. The fourth-order valence-corrected chi connectivity index (χ4v) is 2.66. The van der Waals surface area contributed by atoms with E-state index in [1.807, 2.05) is 18.2 Å². The lowest BCUT2D eigenvalue weighted by molar-refractivity contribution is -0.112. The summed E-state index contributed by atoms with van der Waals surface area (Å²) in [6, 6.07) is 14.4. The number of rotatable bonds is 4. The van der Waals surface area contributed by atoms with E-state index in [9.17, 15) is 10.1 Å². The quantitative estimate of drug-likeness (QED) is 0.555. The van der Waals surface area contributed by atoms with Gasteiger partial charge in [-0.2, -0.15) is 5.26 Å². The normalized spacial score (nSPS) is 10.8. The molecule has 0 atom stereocenters. The third-order valence-corrected chi connectivity index (χ3v) is 3.93. The molecule has 0 aliphatic carbocycles. The first-order valence-corrected chi connectivity index (χ1v) is 8.14.